The van der Waals surface area contributed by atoms with Crippen LogP contribution in [-0.4, -0.2) is 10.1 Å². The zero-order chi connectivity index (χ0) is 9.19. The van der Waals surface area contributed by atoms with Gasteiger partial charge in [-0.3, -0.25) is 0 Å². The van der Waals surface area contributed by atoms with Crippen LogP contribution in [0.15, 0.2) is 10.8 Å². The molecule has 0 spiro atoms. The molecule has 0 radical (unpaired) electrons. The summed E-state index contributed by atoms with van der Waals surface area (Å²) < 4.78 is 5.16. The number of aliphatic hydroxyl groups is 1. The van der Waals surface area contributed by atoms with Crippen molar-refractivity contribution in [1.82, 2.24) is 4.98 Å². The summed E-state index contributed by atoms with van der Waals surface area (Å²) in [5.41, 5.74) is 0.827. The minimum Gasteiger partial charge on any atom is -0.448 e. The molecule has 0 aliphatic heterocycles. The molecule has 0 saturated heterocycles. The number of aliphatic hydroxyl groups excluding tert-OH is 1. The fourth-order valence-electron chi connectivity index (χ4n) is 1.05. The molecule has 0 amide bonds. The third-order valence-corrected chi connectivity index (χ3v) is 1.57. The summed E-state index contributed by atoms with van der Waals surface area (Å²) in [6.07, 6.45) is 2.19. The Morgan fingerprint density at radius 2 is 2.17 bits per heavy atom. The van der Waals surface area contributed by atoms with E-state index in [0.717, 1.165) is 12.2 Å². The van der Waals surface area contributed by atoms with Crippen LogP contribution in [0.4, 0.5) is 0 Å². The van der Waals surface area contributed by atoms with Crippen molar-refractivity contribution in [3.05, 3.63) is 17.8 Å². The SMILES string of the molecule is CC(C)(C)Cc1ocnc1CO. The maximum Gasteiger partial charge on any atom is 0.181 e. The fourth-order valence-corrected chi connectivity index (χ4v) is 1.05. The van der Waals surface area contributed by atoms with Crippen molar-refractivity contribution >= 4 is 0 Å². The molecule has 0 saturated carbocycles. The van der Waals surface area contributed by atoms with E-state index in [0.29, 0.717) is 5.69 Å². The van der Waals surface area contributed by atoms with E-state index < -0.39 is 0 Å². The molecule has 1 N–H and O–H groups in total. The van der Waals surface area contributed by atoms with Gasteiger partial charge in [-0.2, -0.15) is 0 Å². The molecule has 0 aliphatic rings. The first-order chi connectivity index (χ1) is 5.53. The predicted molar refractivity (Wildman–Crippen MR) is 45.6 cm³/mol. The number of oxazole rings is 1. The monoisotopic (exact) mass is 169 g/mol. The summed E-state index contributed by atoms with van der Waals surface area (Å²) >= 11 is 0. The Bertz CT molecular complexity index is 247. The Labute approximate surface area is 72.4 Å². The van der Waals surface area contributed by atoms with Crippen molar-refractivity contribution in [2.24, 2.45) is 5.41 Å². The van der Waals surface area contributed by atoms with E-state index in [2.05, 4.69) is 25.8 Å². The largest absolute Gasteiger partial charge is 0.448 e. The third kappa shape index (κ3) is 2.34. The van der Waals surface area contributed by atoms with E-state index in [1.54, 1.807) is 0 Å². The number of rotatable bonds is 2. The highest BCUT2D eigenvalue weighted by Crippen LogP contribution is 2.22. The number of hydrogen-bond donors (Lipinski definition) is 1. The Morgan fingerprint density at radius 3 is 2.67 bits per heavy atom. The molecule has 0 bridgehead atoms. The smallest absolute Gasteiger partial charge is 0.181 e. The second-order valence-electron chi connectivity index (χ2n) is 4.12. The molecule has 1 heterocycles. The summed E-state index contributed by atoms with van der Waals surface area (Å²) in [6, 6.07) is 0. The van der Waals surface area contributed by atoms with Gasteiger partial charge in [0.1, 0.15) is 11.5 Å². The highest BCUT2D eigenvalue weighted by atomic mass is 16.3. The minimum atomic E-state index is -0.0398. The highest BCUT2D eigenvalue weighted by Gasteiger charge is 2.16. The Morgan fingerprint density at radius 1 is 1.50 bits per heavy atom. The maximum absolute atomic E-state index is 8.88. The summed E-state index contributed by atoms with van der Waals surface area (Å²) in [5, 5.41) is 8.88. The predicted octanol–water partition coefficient (Wildman–Crippen LogP) is 1.76. The second-order valence-corrected chi connectivity index (χ2v) is 4.12. The van der Waals surface area contributed by atoms with Crippen LogP contribution in [0.2, 0.25) is 0 Å². The van der Waals surface area contributed by atoms with Crippen LogP contribution < -0.4 is 0 Å². The maximum atomic E-state index is 8.88. The van der Waals surface area contributed by atoms with Crippen LogP contribution in [0.3, 0.4) is 0 Å². The van der Waals surface area contributed by atoms with E-state index in [4.69, 9.17) is 9.52 Å². The van der Waals surface area contributed by atoms with Gasteiger partial charge in [-0.1, -0.05) is 20.8 Å². The van der Waals surface area contributed by atoms with Gasteiger partial charge in [0, 0.05) is 6.42 Å². The first kappa shape index (κ1) is 9.26. The topological polar surface area (TPSA) is 46.3 Å². The van der Waals surface area contributed by atoms with Crippen molar-refractivity contribution in [3.8, 4) is 0 Å². The lowest BCUT2D eigenvalue weighted by atomic mass is 9.90. The first-order valence-electron chi connectivity index (χ1n) is 4.05. The quantitative estimate of drug-likeness (QED) is 0.733. The molecule has 3 nitrogen and oxygen atoms in total. The van der Waals surface area contributed by atoms with Crippen molar-refractivity contribution < 1.29 is 9.52 Å². The third-order valence-electron chi connectivity index (χ3n) is 1.57. The van der Waals surface area contributed by atoms with Gasteiger partial charge in [0.25, 0.3) is 0 Å². The number of aromatic nitrogens is 1. The standard InChI is InChI=1S/C9H15NO2/c1-9(2,3)4-8-7(5-11)10-6-12-8/h6,11H,4-5H2,1-3H3. The van der Waals surface area contributed by atoms with Crippen LogP contribution >= 0.6 is 0 Å². The molecule has 0 aliphatic carbocycles. The molecule has 3 heteroatoms. The van der Waals surface area contributed by atoms with Crippen molar-refractivity contribution in [1.29, 1.82) is 0 Å². The average Bonchev–Trinajstić information content (AvgIpc) is 2.31. The minimum absolute atomic E-state index is 0.0398. The lowest BCUT2D eigenvalue weighted by Gasteiger charge is -2.15. The zero-order valence-electron chi connectivity index (χ0n) is 7.79. The lowest BCUT2D eigenvalue weighted by Crippen LogP contribution is -2.10. The molecule has 0 atom stereocenters. The van der Waals surface area contributed by atoms with Crippen LogP contribution in [0.1, 0.15) is 32.2 Å². The van der Waals surface area contributed by atoms with Gasteiger partial charge < -0.3 is 9.52 Å². The molecule has 0 fully saturated rings. The van der Waals surface area contributed by atoms with Gasteiger partial charge in [0.05, 0.1) is 6.61 Å². The number of nitrogens with zero attached hydrogens (tertiary/aromatic N) is 1. The van der Waals surface area contributed by atoms with E-state index in [1.807, 2.05) is 0 Å². The second kappa shape index (κ2) is 3.27. The average molecular weight is 169 g/mol. The van der Waals surface area contributed by atoms with Crippen molar-refractivity contribution in [2.75, 3.05) is 0 Å². The van der Waals surface area contributed by atoms with E-state index in [9.17, 15) is 0 Å². The van der Waals surface area contributed by atoms with Crippen molar-refractivity contribution in [3.63, 3.8) is 0 Å². The van der Waals surface area contributed by atoms with Crippen LogP contribution in [0, 0.1) is 5.41 Å². The van der Waals surface area contributed by atoms with Gasteiger partial charge in [-0.25, -0.2) is 4.98 Å². The summed E-state index contributed by atoms with van der Waals surface area (Å²) in [5.74, 6) is 0.796. The van der Waals surface area contributed by atoms with Gasteiger partial charge in [0.2, 0.25) is 0 Å². The molecule has 12 heavy (non-hydrogen) atoms. The van der Waals surface area contributed by atoms with E-state index in [1.165, 1.54) is 6.39 Å². The first-order valence-corrected chi connectivity index (χ1v) is 4.05. The van der Waals surface area contributed by atoms with Gasteiger partial charge >= 0.3 is 0 Å². The lowest BCUT2D eigenvalue weighted by molar-refractivity contribution is 0.270. The Kier molecular flexibility index (Phi) is 2.52. The summed E-state index contributed by atoms with van der Waals surface area (Å²) in [4.78, 5) is 3.90. The Balaban J connectivity index is 2.75. The zero-order valence-corrected chi connectivity index (χ0v) is 7.79. The van der Waals surface area contributed by atoms with Crippen LogP contribution in [0.5, 0.6) is 0 Å². The van der Waals surface area contributed by atoms with E-state index >= 15 is 0 Å². The normalized spacial score (nSPS) is 12.0. The molecule has 68 valence electrons. The number of hydrogen-bond acceptors (Lipinski definition) is 3. The summed E-state index contributed by atoms with van der Waals surface area (Å²) in [7, 11) is 0. The van der Waals surface area contributed by atoms with Crippen molar-refractivity contribution in [2.45, 2.75) is 33.8 Å². The van der Waals surface area contributed by atoms with Gasteiger partial charge in [0.15, 0.2) is 6.39 Å². The van der Waals surface area contributed by atoms with Gasteiger partial charge in [-0.05, 0) is 5.41 Å². The van der Waals surface area contributed by atoms with Crippen LogP contribution in [0.25, 0.3) is 0 Å². The fraction of sp³-hybridized carbons (Fsp3) is 0.667. The molecule has 0 unspecified atom stereocenters. The van der Waals surface area contributed by atoms with Crippen LogP contribution in [-0.2, 0) is 13.0 Å². The molecule has 1 aromatic rings. The Hall–Kier alpha value is -0.830. The summed E-state index contributed by atoms with van der Waals surface area (Å²) in [6.45, 7) is 6.33. The molecule has 1 rings (SSSR count). The molecule has 0 aromatic carbocycles. The molecule has 1 aromatic heterocycles. The molecular weight excluding hydrogens is 154 g/mol. The molecular formula is C9H15NO2. The van der Waals surface area contributed by atoms with Gasteiger partial charge in [-0.15, -0.1) is 0 Å². The highest BCUT2D eigenvalue weighted by molar-refractivity contribution is 5.07. The van der Waals surface area contributed by atoms with E-state index in [-0.39, 0.29) is 12.0 Å².